The van der Waals surface area contributed by atoms with Gasteiger partial charge in [-0.3, -0.25) is 9.69 Å². The van der Waals surface area contributed by atoms with Gasteiger partial charge in [0.05, 0.1) is 5.92 Å². The van der Waals surface area contributed by atoms with E-state index >= 15 is 0 Å². The highest BCUT2D eigenvalue weighted by atomic mass is 16.2. The maximum absolute atomic E-state index is 12.0. The van der Waals surface area contributed by atoms with Gasteiger partial charge in [-0.05, 0) is 26.2 Å². The molecule has 0 radical (unpaired) electrons. The van der Waals surface area contributed by atoms with Crippen LogP contribution in [0.1, 0.15) is 33.1 Å². The van der Waals surface area contributed by atoms with Gasteiger partial charge in [0.2, 0.25) is 5.91 Å². The highest BCUT2D eigenvalue weighted by molar-refractivity contribution is 5.98. The summed E-state index contributed by atoms with van der Waals surface area (Å²) in [7, 11) is 0. The van der Waals surface area contributed by atoms with Gasteiger partial charge in [0.1, 0.15) is 0 Å². The van der Waals surface area contributed by atoms with E-state index in [2.05, 4.69) is 0 Å². The monoisotopic (exact) mass is 210 g/mol. The van der Waals surface area contributed by atoms with Crippen molar-refractivity contribution in [3.63, 3.8) is 0 Å². The van der Waals surface area contributed by atoms with Crippen LogP contribution in [0.15, 0.2) is 0 Å². The molecule has 3 amide bonds. The summed E-state index contributed by atoms with van der Waals surface area (Å²) in [5.74, 6) is -0.0161. The SMILES string of the molecule is CCN1CC(C)C(=O)N(C2CCC2)C1=O. The maximum Gasteiger partial charge on any atom is 0.326 e. The third-order valence-corrected chi connectivity index (χ3v) is 3.45. The molecule has 0 aromatic heterocycles. The van der Waals surface area contributed by atoms with Gasteiger partial charge < -0.3 is 4.90 Å². The first-order valence-corrected chi connectivity index (χ1v) is 5.77. The molecule has 15 heavy (non-hydrogen) atoms. The van der Waals surface area contributed by atoms with Crippen molar-refractivity contribution in [3.05, 3.63) is 0 Å². The highest BCUT2D eigenvalue weighted by Crippen LogP contribution is 2.29. The van der Waals surface area contributed by atoms with Crippen molar-refractivity contribution < 1.29 is 9.59 Å². The summed E-state index contributed by atoms with van der Waals surface area (Å²) in [6.45, 7) is 5.14. The zero-order valence-electron chi connectivity index (χ0n) is 9.40. The van der Waals surface area contributed by atoms with Crippen LogP contribution in [-0.2, 0) is 4.79 Å². The lowest BCUT2D eigenvalue weighted by Crippen LogP contribution is -2.60. The van der Waals surface area contributed by atoms with Crippen LogP contribution in [0.3, 0.4) is 0 Å². The quantitative estimate of drug-likeness (QED) is 0.692. The molecule has 1 atom stereocenters. The standard InChI is InChI=1S/C11H18N2O2/c1-3-12-7-8(2)10(14)13(11(12)15)9-5-4-6-9/h8-9H,3-7H2,1-2H3. The van der Waals surface area contributed by atoms with Crippen molar-refractivity contribution in [1.82, 2.24) is 9.80 Å². The normalized spacial score (nSPS) is 28.3. The Kier molecular flexibility index (Phi) is 2.67. The van der Waals surface area contributed by atoms with E-state index in [1.807, 2.05) is 13.8 Å². The zero-order chi connectivity index (χ0) is 11.0. The molecule has 2 rings (SSSR count). The van der Waals surface area contributed by atoms with Gasteiger partial charge in [0.25, 0.3) is 0 Å². The molecule has 1 saturated heterocycles. The van der Waals surface area contributed by atoms with E-state index in [1.54, 1.807) is 4.90 Å². The van der Waals surface area contributed by atoms with Crippen molar-refractivity contribution in [3.8, 4) is 0 Å². The minimum Gasteiger partial charge on any atom is -0.324 e. The highest BCUT2D eigenvalue weighted by Gasteiger charge is 2.41. The fourth-order valence-electron chi connectivity index (χ4n) is 2.22. The largest absolute Gasteiger partial charge is 0.326 e. The Morgan fingerprint density at radius 1 is 1.33 bits per heavy atom. The zero-order valence-corrected chi connectivity index (χ0v) is 9.40. The van der Waals surface area contributed by atoms with Gasteiger partial charge in [-0.1, -0.05) is 6.92 Å². The summed E-state index contributed by atoms with van der Waals surface area (Å²) in [5.41, 5.74) is 0. The molecule has 84 valence electrons. The minimum atomic E-state index is -0.0784. The second kappa shape index (κ2) is 3.83. The topological polar surface area (TPSA) is 40.6 Å². The van der Waals surface area contributed by atoms with Crippen LogP contribution >= 0.6 is 0 Å². The van der Waals surface area contributed by atoms with E-state index in [1.165, 1.54) is 4.90 Å². The number of hydrogen-bond donors (Lipinski definition) is 0. The lowest BCUT2D eigenvalue weighted by atomic mass is 9.90. The fourth-order valence-corrected chi connectivity index (χ4v) is 2.22. The van der Waals surface area contributed by atoms with Gasteiger partial charge in [-0.25, -0.2) is 4.79 Å². The van der Waals surface area contributed by atoms with Crippen molar-refractivity contribution in [1.29, 1.82) is 0 Å². The predicted octanol–water partition coefficient (Wildman–Crippen LogP) is 1.46. The van der Waals surface area contributed by atoms with Crippen molar-refractivity contribution in [2.24, 2.45) is 5.92 Å². The molecule has 0 spiro atoms. The number of carbonyl (C=O) groups is 2. The predicted molar refractivity (Wildman–Crippen MR) is 56.3 cm³/mol. The van der Waals surface area contributed by atoms with Crippen LogP contribution in [0, 0.1) is 5.92 Å². The molecular weight excluding hydrogens is 192 g/mol. The Morgan fingerprint density at radius 3 is 2.47 bits per heavy atom. The van der Waals surface area contributed by atoms with Gasteiger partial charge in [-0.2, -0.15) is 0 Å². The van der Waals surface area contributed by atoms with Crippen molar-refractivity contribution in [2.75, 3.05) is 13.1 Å². The van der Waals surface area contributed by atoms with E-state index in [0.29, 0.717) is 13.1 Å². The average molecular weight is 210 g/mol. The number of imide groups is 1. The molecule has 1 aliphatic carbocycles. The van der Waals surface area contributed by atoms with E-state index in [0.717, 1.165) is 19.3 Å². The van der Waals surface area contributed by atoms with Gasteiger partial charge >= 0.3 is 6.03 Å². The summed E-state index contributed by atoms with van der Waals surface area (Å²) in [6, 6.07) is 0.104. The summed E-state index contributed by atoms with van der Waals surface area (Å²) < 4.78 is 0. The average Bonchev–Trinajstić information content (AvgIpc) is 2.15. The summed E-state index contributed by atoms with van der Waals surface area (Å²) >= 11 is 0. The summed E-state index contributed by atoms with van der Waals surface area (Å²) in [5, 5.41) is 0. The lowest BCUT2D eigenvalue weighted by Gasteiger charge is -2.43. The molecule has 2 aliphatic rings. The van der Waals surface area contributed by atoms with Gasteiger partial charge in [-0.15, -0.1) is 0 Å². The molecule has 4 heteroatoms. The van der Waals surface area contributed by atoms with Crippen LogP contribution in [0.5, 0.6) is 0 Å². The third kappa shape index (κ3) is 1.62. The molecule has 0 N–H and O–H groups in total. The first-order chi connectivity index (χ1) is 7.15. The minimum absolute atomic E-state index is 0.0226. The molecule has 0 bridgehead atoms. The van der Waals surface area contributed by atoms with Crippen LogP contribution in [-0.4, -0.2) is 40.9 Å². The molecule has 2 fully saturated rings. The summed E-state index contributed by atoms with van der Waals surface area (Å²) in [6.07, 6.45) is 3.12. The number of amides is 3. The Balaban J connectivity index is 2.16. The maximum atomic E-state index is 12.0. The molecule has 4 nitrogen and oxygen atoms in total. The second-order valence-corrected chi connectivity index (χ2v) is 4.52. The van der Waals surface area contributed by atoms with E-state index in [4.69, 9.17) is 0 Å². The van der Waals surface area contributed by atoms with Crippen molar-refractivity contribution >= 4 is 11.9 Å². The molecule has 0 aromatic rings. The number of nitrogens with zero attached hydrogens (tertiary/aromatic N) is 2. The number of carbonyl (C=O) groups excluding carboxylic acids is 2. The van der Waals surface area contributed by atoms with Crippen LogP contribution < -0.4 is 0 Å². The Bertz CT molecular complexity index is 286. The van der Waals surface area contributed by atoms with Crippen LogP contribution in [0.4, 0.5) is 4.79 Å². The van der Waals surface area contributed by atoms with E-state index in [9.17, 15) is 9.59 Å². The molecule has 1 aliphatic heterocycles. The van der Waals surface area contributed by atoms with Crippen molar-refractivity contribution in [2.45, 2.75) is 39.2 Å². The lowest BCUT2D eigenvalue weighted by molar-refractivity contribution is -0.139. The first kappa shape index (κ1) is 10.5. The Morgan fingerprint density at radius 2 is 2.00 bits per heavy atom. The smallest absolute Gasteiger partial charge is 0.324 e. The van der Waals surface area contributed by atoms with E-state index < -0.39 is 0 Å². The molecular formula is C11H18N2O2. The number of urea groups is 1. The molecule has 1 saturated carbocycles. The fraction of sp³-hybridized carbons (Fsp3) is 0.818. The van der Waals surface area contributed by atoms with Crippen LogP contribution in [0.25, 0.3) is 0 Å². The number of rotatable bonds is 2. The van der Waals surface area contributed by atoms with E-state index in [-0.39, 0.29) is 23.9 Å². The Labute approximate surface area is 90.2 Å². The van der Waals surface area contributed by atoms with Gasteiger partial charge in [0.15, 0.2) is 0 Å². The molecule has 0 aromatic carbocycles. The first-order valence-electron chi connectivity index (χ1n) is 5.77. The molecule has 1 unspecified atom stereocenters. The third-order valence-electron chi connectivity index (χ3n) is 3.45. The Hall–Kier alpha value is -1.06. The number of hydrogen-bond acceptors (Lipinski definition) is 2. The molecule has 1 heterocycles. The second-order valence-electron chi connectivity index (χ2n) is 4.52. The van der Waals surface area contributed by atoms with Crippen LogP contribution in [0.2, 0.25) is 0 Å². The van der Waals surface area contributed by atoms with Gasteiger partial charge in [0, 0.05) is 19.1 Å². The summed E-state index contributed by atoms with van der Waals surface area (Å²) in [4.78, 5) is 27.2.